The predicted octanol–water partition coefficient (Wildman–Crippen LogP) is 3.01. The molecule has 6 heteroatoms. The van der Waals surface area contributed by atoms with E-state index in [1.165, 1.54) is 29.5 Å². The van der Waals surface area contributed by atoms with Gasteiger partial charge in [-0.25, -0.2) is 4.39 Å². The zero-order valence-corrected chi connectivity index (χ0v) is 10.9. The maximum Gasteiger partial charge on any atom is 0.263 e. The Morgan fingerprint density at radius 2 is 2.05 bits per heavy atom. The summed E-state index contributed by atoms with van der Waals surface area (Å²) in [6.45, 7) is 0. The number of nitrogens with zero attached hydrogens (tertiary/aromatic N) is 1. The molecular formula is C14H9FN2O2S. The van der Waals surface area contributed by atoms with E-state index < -0.39 is 17.3 Å². The van der Waals surface area contributed by atoms with Gasteiger partial charge in [0.1, 0.15) is 17.2 Å². The van der Waals surface area contributed by atoms with E-state index in [0.29, 0.717) is 5.56 Å². The molecule has 0 fully saturated rings. The number of hydrogen-bond donors (Lipinski definition) is 2. The Bertz CT molecular complexity index is 812. The molecule has 3 aromatic rings. The van der Waals surface area contributed by atoms with Gasteiger partial charge in [0.2, 0.25) is 5.88 Å². The van der Waals surface area contributed by atoms with Gasteiger partial charge in [0.05, 0.1) is 0 Å². The highest BCUT2D eigenvalue weighted by Gasteiger charge is 2.16. The fourth-order valence-electron chi connectivity index (χ4n) is 1.90. The lowest BCUT2D eigenvalue weighted by Crippen LogP contribution is -2.12. The molecule has 2 heterocycles. The van der Waals surface area contributed by atoms with Crippen molar-refractivity contribution in [1.82, 2.24) is 9.97 Å². The van der Waals surface area contributed by atoms with Crippen LogP contribution in [0.3, 0.4) is 0 Å². The number of thiophene rings is 1. The van der Waals surface area contributed by atoms with Gasteiger partial charge in [0.15, 0.2) is 0 Å². The molecule has 1 aromatic carbocycles. The average Bonchev–Trinajstić information content (AvgIpc) is 2.94. The minimum atomic E-state index is -0.585. The molecule has 3 rings (SSSR count). The second kappa shape index (κ2) is 4.90. The molecule has 100 valence electrons. The Labute approximate surface area is 117 Å². The minimum absolute atomic E-state index is 0.0237. The van der Waals surface area contributed by atoms with E-state index in [-0.39, 0.29) is 17.0 Å². The molecule has 0 saturated carbocycles. The molecule has 0 atom stereocenters. The van der Waals surface area contributed by atoms with Crippen LogP contribution in [0.4, 0.5) is 4.39 Å². The third kappa shape index (κ3) is 2.10. The number of halogens is 1. The Hall–Kier alpha value is -2.47. The summed E-state index contributed by atoms with van der Waals surface area (Å²) in [6.07, 6.45) is 0. The van der Waals surface area contributed by atoms with Crippen molar-refractivity contribution in [1.29, 1.82) is 0 Å². The first-order valence-electron chi connectivity index (χ1n) is 5.77. The molecule has 0 aliphatic carbocycles. The van der Waals surface area contributed by atoms with Crippen LogP contribution in [0.2, 0.25) is 0 Å². The second-order valence-corrected chi connectivity index (χ2v) is 4.89. The molecule has 0 spiro atoms. The average molecular weight is 288 g/mol. The molecule has 2 aromatic heterocycles. The standard InChI is InChI=1S/C14H9FN2O2S/c15-10-4-2-1-3-9(10)11-13(18)16-12(17-14(11)19)8-5-6-20-7-8/h1-7H,(H2,16,17,18,19). The third-order valence-corrected chi connectivity index (χ3v) is 3.52. The van der Waals surface area contributed by atoms with Crippen LogP contribution >= 0.6 is 11.3 Å². The zero-order chi connectivity index (χ0) is 14.1. The number of benzene rings is 1. The number of hydrogen-bond acceptors (Lipinski definition) is 4. The van der Waals surface area contributed by atoms with Crippen molar-refractivity contribution < 1.29 is 9.50 Å². The van der Waals surface area contributed by atoms with Gasteiger partial charge in [-0.1, -0.05) is 18.2 Å². The first-order valence-corrected chi connectivity index (χ1v) is 6.72. The molecule has 0 unspecified atom stereocenters. The molecule has 2 N–H and O–H groups in total. The summed E-state index contributed by atoms with van der Waals surface area (Å²) in [6, 6.07) is 7.51. The number of rotatable bonds is 2. The molecule has 0 amide bonds. The lowest BCUT2D eigenvalue weighted by molar-refractivity contribution is 0.453. The second-order valence-electron chi connectivity index (χ2n) is 4.11. The SMILES string of the molecule is O=c1[nH]c(-c2ccsc2)nc(O)c1-c1ccccc1F. The summed E-state index contributed by atoms with van der Waals surface area (Å²) in [5.41, 5.74) is -0.0241. The largest absolute Gasteiger partial charge is 0.493 e. The highest BCUT2D eigenvalue weighted by molar-refractivity contribution is 7.08. The van der Waals surface area contributed by atoms with Crippen LogP contribution in [-0.2, 0) is 0 Å². The van der Waals surface area contributed by atoms with Crippen molar-refractivity contribution in [2.24, 2.45) is 0 Å². The molecule has 0 aliphatic heterocycles. The Kier molecular flexibility index (Phi) is 3.08. The monoisotopic (exact) mass is 288 g/mol. The molecule has 0 saturated heterocycles. The minimum Gasteiger partial charge on any atom is -0.493 e. The van der Waals surface area contributed by atoms with E-state index in [1.54, 1.807) is 17.5 Å². The summed E-state index contributed by atoms with van der Waals surface area (Å²) in [5, 5.41) is 13.6. The van der Waals surface area contributed by atoms with Crippen LogP contribution in [0, 0.1) is 5.82 Å². The van der Waals surface area contributed by atoms with Gasteiger partial charge in [0, 0.05) is 16.5 Å². The maximum atomic E-state index is 13.7. The van der Waals surface area contributed by atoms with E-state index in [9.17, 15) is 14.3 Å². The van der Waals surface area contributed by atoms with Crippen LogP contribution in [0.1, 0.15) is 0 Å². The van der Waals surface area contributed by atoms with Crippen LogP contribution < -0.4 is 5.56 Å². The number of nitrogens with one attached hydrogen (secondary N) is 1. The molecule has 20 heavy (non-hydrogen) atoms. The summed E-state index contributed by atoms with van der Waals surface area (Å²) in [5.74, 6) is -0.813. The van der Waals surface area contributed by atoms with Crippen molar-refractivity contribution in [3.05, 3.63) is 57.3 Å². The smallest absolute Gasteiger partial charge is 0.263 e. The lowest BCUT2D eigenvalue weighted by atomic mass is 10.1. The van der Waals surface area contributed by atoms with Crippen LogP contribution in [-0.4, -0.2) is 15.1 Å². The van der Waals surface area contributed by atoms with Gasteiger partial charge >= 0.3 is 0 Å². The number of aromatic amines is 1. The van der Waals surface area contributed by atoms with Gasteiger partial charge in [-0.05, 0) is 17.5 Å². The van der Waals surface area contributed by atoms with Gasteiger partial charge in [-0.15, -0.1) is 0 Å². The summed E-state index contributed by atoms with van der Waals surface area (Å²) in [7, 11) is 0. The van der Waals surface area contributed by atoms with Gasteiger partial charge in [-0.2, -0.15) is 16.3 Å². The Balaban J connectivity index is 2.20. The molecule has 0 radical (unpaired) electrons. The zero-order valence-electron chi connectivity index (χ0n) is 10.1. The van der Waals surface area contributed by atoms with E-state index in [1.807, 2.05) is 5.38 Å². The van der Waals surface area contributed by atoms with Crippen molar-refractivity contribution >= 4 is 11.3 Å². The summed E-state index contributed by atoms with van der Waals surface area (Å²) >= 11 is 1.45. The molecule has 0 bridgehead atoms. The number of aromatic hydroxyl groups is 1. The highest BCUT2D eigenvalue weighted by Crippen LogP contribution is 2.27. The first-order chi connectivity index (χ1) is 9.66. The number of aromatic nitrogens is 2. The lowest BCUT2D eigenvalue weighted by Gasteiger charge is -2.06. The fraction of sp³-hybridized carbons (Fsp3) is 0. The Morgan fingerprint density at radius 3 is 2.70 bits per heavy atom. The molecule has 0 aliphatic rings. The topological polar surface area (TPSA) is 66.0 Å². The van der Waals surface area contributed by atoms with E-state index in [2.05, 4.69) is 9.97 Å². The van der Waals surface area contributed by atoms with E-state index in [0.717, 1.165) is 0 Å². The fourth-order valence-corrected chi connectivity index (χ4v) is 2.54. The molecular weight excluding hydrogens is 279 g/mol. The van der Waals surface area contributed by atoms with Gasteiger partial charge < -0.3 is 10.1 Å². The van der Waals surface area contributed by atoms with Crippen LogP contribution in [0.25, 0.3) is 22.5 Å². The Morgan fingerprint density at radius 1 is 1.25 bits per heavy atom. The van der Waals surface area contributed by atoms with Crippen LogP contribution in [0.5, 0.6) is 5.88 Å². The van der Waals surface area contributed by atoms with Crippen molar-refractivity contribution in [3.8, 4) is 28.4 Å². The predicted molar refractivity (Wildman–Crippen MR) is 75.2 cm³/mol. The van der Waals surface area contributed by atoms with Crippen LogP contribution in [0.15, 0.2) is 45.9 Å². The van der Waals surface area contributed by atoms with E-state index >= 15 is 0 Å². The maximum absolute atomic E-state index is 13.7. The number of H-pyrrole nitrogens is 1. The quantitative estimate of drug-likeness (QED) is 0.761. The highest BCUT2D eigenvalue weighted by atomic mass is 32.1. The normalized spacial score (nSPS) is 10.7. The van der Waals surface area contributed by atoms with E-state index in [4.69, 9.17) is 0 Å². The van der Waals surface area contributed by atoms with Gasteiger partial charge in [-0.3, -0.25) is 4.79 Å². The first kappa shape index (κ1) is 12.6. The third-order valence-electron chi connectivity index (χ3n) is 2.84. The summed E-state index contributed by atoms with van der Waals surface area (Å²) < 4.78 is 13.7. The van der Waals surface area contributed by atoms with Crippen molar-refractivity contribution in [3.63, 3.8) is 0 Å². The van der Waals surface area contributed by atoms with Gasteiger partial charge in [0.25, 0.3) is 5.56 Å². The summed E-state index contributed by atoms with van der Waals surface area (Å²) in [4.78, 5) is 18.6. The van der Waals surface area contributed by atoms with Crippen molar-refractivity contribution in [2.45, 2.75) is 0 Å². The molecule has 4 nitrogen and oxygen atoms in total. The van der Waals surface area contributed by atoms with Crippen molar-refractivity contribution in [2.75, 3.05) is 0 Å².